The molecule has 0 aliphatic heterocycles. The van der Waals surface area contributed by atoms with Crippen molar-refractivity contribution in [1.82, 2.24) is 0 Å². The fraction of sp³-hybridized carbons (Fsp3) is 0.529. The Bertz CT molecular complexity index is 422. The number of aryl methyl sites for hydroxylation is 2. The first-order valence-corrected chi connectivity index (χ1v) is 6.51. The molecule has 92 valence electrons. The summed E-state index contributed by atoms with van der Waals surface area (Å²) in [6.45, 7) is 11.0. The molecule has 0 aliphatic rings. The fourth-order valence-electron chi connectivity index (χ4n) is 1.71. The number of hydrogen-bond donors (Lipinski definition) is 0. The van der Waals surface area contributed by atoms with Gasteiger partial charge >= 0.3 is 0 Å². The molecule has 0 nitrogen and oxygen atoms in total. The van der Waals surface area contributed by atoms with Gasteiger partial charge in [0.05, 0.1) is 0 Å². The van der Waals surface area contributed by atoms with Gasteiger partial charge in [-0.15, -0.1) is 0 Å². The van der Waals surface area contributed by atoms with Crippen molar-refractivity contribution in [3.05, 3.63) is 34.9 Å². The minimum atomic E-state index is 0.295. The van der Waals surface area contributed by atoms with Gasteiger partial charge in [-0.05, 0) is 36.0 Å². The quantitative estimate of drug-likeness (QED) is 0.642. The summed E-state index contributed by atoms with van der Waals surface area (Å²) in [5.74, 6) is 6.57. The standard InChI is InChI=1S/C17H24/c1-6-8-15-10-11-16(14(2)13-15)9-7-12-17(3,4)5/h10-11,13H,6,8,12H2,1-5H3. The first kappa shape index (κ1) is 13.8. The Morgan fingerprint density at radius 2 is 1.88 bits per heavy atom. The van der Waals surface area contributed by atoms with Crippen LogP contribution in [-0.4, -0.2) is 0 Å². The zero-order valence-corrected chi connectivity index (χ0v) is 11.9. The predicted octanol–water partition coefficient (Wildman–Crippen LogP) is 4.74. The number of hydrogen-bond acceptors (Lipinski definition) is 0. The molecular weight excluding hydrogens is 204 g/mol. The second-order valence-electron chi connectivity index (χ2n) is 5.94. The Balaban J connectivity index is 2.79. The van der Waals surface area contributed by atoms with E-state index in [-0.39, 0.29) is 0 Å². The van der Waals surface area contributed by atoms with Gasteiger partial charge in [0.25, 0.3) is 0 Å². The normalized spacial score (nSPS) is 10.9. The van der Waals surface area contributed by atoms with Crippen molar-refractivity contribution in [3.8, 4) is 11.8 Å². The van der Waals surface area contributed by atoms with Crippen molar-refractivity contribution in [3.63, 3.8) is 0 Å². The molecule has 0 aliphatic carbocycles. The zero-order valence-electron chi connectivity index (χ0n) is 11.9. The molecule has 1 aromatic carbocycles. The second kappa shape index (κ2) is 5.92. The lowest BCUT2D eigenvalue weighted by atomic mass is 9.92. The summed E-state index contributed by atoms with van der Waals surface area (Å²) in [6.07, 6.45) is 3.31. The Hall–Kier alpha value is -1.22. The predicted molar refractivity (Wildman–Crippen MR) is 76.1 cm³/mol. The molecule has 0 saturated heterocycles. The highest BCUT2D eigenvalue weighted by atomic mass is 14.1. The summed E-state index contributed by atoms with van der Waals surface area (Å²) in [6, 6.07) is 6.64. The lowest BCUT2D eigenvalue weighted by Gasteiger charge is -2.12. The highest BCUT2D eigenvalue weighted by molar-refractivity contribution is 5.42. The summed E-state index contributed by atoms with van der Waals surface area (Å²) in [5, 5.41) is 0. The van der Waals surface area contributed by atoms with E-state index in [2.05, 4.69) is 64.7 Å². The third-order valence-electron chi connectivity index (χ3n) is 2.67. The van der Waals surface area contributed by atoms with Crippen molar-refractivity contribution in [2.75, 3.05) is 0 Å². The van der Waals surface area contributed by atoms with Crippen LogP contribution in [0.25, 0.3) is 0 Å². The van der Waals surface area contributed by atoms with E-state index < -0.39 is 0 Å². The van der Waals surface area contributed by atoms with Gasteiger partial charge < -0.3 is 0 Å². The van der Waals surface area contributed by atoms with E-state index in [4.69, 9.17) is 0 Å². The molecule has 0 aromatic heterocycles. The van der Waals surface area contributed by atoms with Gasteiger partial charge in [-0.3, -0.25) is 0 Å². The first-order chi connectivity index (χ1) is 7.92. The molecule has 0 fully saturated rings. The van der Waals surface area contributed by atoms with Crippen molar-refractivity contribution >= 4 is 0 Å². The van der Waals surface area contributed by atoms with Gasteiger partial charge in [0.1, 0.15) is 0 Å². The topological polar surface area (TPSA) is 0 Å². The van der Waals surface area contributed by atoms with Crippen molar-refractivity contribution in [2.45, 2.75) is 53.9 Å². The summed E-state index contributed by atoms with van der Waals surface area (Å²) in [5.41, 5.74) is 4.20. The molecule has 0 bridgehead atoms. The van der Waals surface area contributed by atoms with Crippen molar-refractivity contribution in [2.24, 2.45) is 5.41 Å². The van der Waals surface area contributed by atoms with Crippen molar-refractivity contribution < 1.29 is 0 Å². The summed E-state index contributed by atoms with van der Waals surface area (Å²) < 4.78 is 0. The minimum Gasteiger partial charge on any atom is -0.0973 e. The SMILES string of the molecule is CCCc1ccc(C#CCC(C)(C)C)c(C)c1. The smallest absolute Gasteiger partial charge is 0.0274 e. The van der Waals surface area contributed by atoms with Gasteiger partial charge in [0, 0.05) is 12.0 Å². The molecule has 0 spiro atoms. The minimum absolute atomic E-state index is 0.295. The summed E-state index contributed by atoms with van der Waals surface area (Å²) >= 11 is 0. The maximum Gasteiger partial charge on any atom is 0.0274 e. The zero-order chi connectivity index (χ0) is 12.9. The molecule has 0 saturated carbocycles. The van der Waals surface area contributed by atoms with Crippen LogP contribution in [0.3, 0.4) is 0 Å². The molecule has 0 unspecified atom stereocenters. The summed E-state index contributed by atoms with van der Waals surface area (Å²) in [4.78, 5) is 0. The Morgan fingerprint density at radius 3 is 2.41 bits per heavy atom. The van der Waals surface area contributed by atoms with Gasteiger partial charge in [0.2, 0.25) is 0 Å². The Labute approximate surface area is 106 Å². The highest BCUT2D eigenvalue weighted by Crippen LogP contribution is 2.17. The lowest BCUT2D eigenvalue weighted by Crippen LogP contribution is -2.02. The van der Waals surface area contributed by atoms with Crippen LogP contribution in [0.2, 0.25) is 0 Å². The third kappa shape index (κ3) is 5.09. The molecule has 1 rings (SSSR count). The van der Waals surface area contributed by atoms with Gasteiger partial charge in [-0.2, -0.15) is 0 Å². The molecule has 0 atom stereocenters. The van der Waals surface area contributed by atoms with Crippen LogP contribution in [0.5, 0.6) is 0 Å². The molecule has 1 aromatic rings. The first-order valence-electron chi connectivity index (χ1n) is 6.51. The highest BCUT2D eigenvalue weighted by Gasteiger charge is 2.06. The van der Waals surface area contributed by atoms with Gasteiger partial charge in [0.15, 0.2) is 0 Å². The van der Waals surface area contributed by atoms with E-state index in [1.807, 2.05) is 0 Å². The maximum absolute atomic E-state index is 3.29. The van der Waals surface area contributed by atoms with Crippen LogP contribution in [0, 0.1) is 24.2 Å². The Kier molecular flexibility index (Phi) is 4.82. The monoisotopic (exact) mass is 228 g/mol. The largest absolute Gasteiger partial charge is 0.0973 e. The van der Waals surface area contributed by atoms with E-state index in [1.165, 1.54) is 23.1 Å². The van der Waals surface area contributed by atoms with E-state index in [9.17, 15) is 0 Å². The van der Waals surface area contributed by atoms with E-state index in [0.29, 0.717) is 5.41 Å². The second-order valence-corrected chi connectivity index (χ2v) is 5.94. The van der Waals surface area contributed by atoms with Crippen molar-refractivity contribution in [1.29, 1.82) is 0 Å². The molecule has 17 heavy (non-hydrogen) atoms. The molecule has 0 heteroatoms. The average Bonchev–Trinajstić information content (AvgIpc) is 2.20. The van der Waals surface area contributed by atoms with Gasteiger partial charge in [-0.25, -0.2) is 0 Å². The fourth-order valence-corrected chi connectivity index (χ4v) is 1.71. The average molecular weight is 228 g/mol. The molecular formula is C17H24. The van der Waals surface area contributed by atoms with Crippen LogP contribution in [0.15, 0.2) is 18.2 Å². The maximum atomic E-state index is 3.29. The van der Waals surface area contributed by atoms with Crippen LogP contribution >= 0.6 is 0 Å². The van der Waals surface area contributed by atoms with E-state index in [1.54, 1.807) is 0 Å². The van der Waals surface area contributed by atoms with Crippen LogP contribution in [-0.2, 0) is 6.42 Å². The van der Waals surface area contributed by atoms with Crippen LogP contribution < -0.4 is 0 Å². The number of rotatable bonds is 2. The van der Waals surface area contributed by atoms with E-state index in [0.717, 1.165) is 12.8 Å². The summed E-state index contributed by atoms with van der Waals surface area (Å²) in [7, 11) is 0. The van der Waals surface area contributed by atoms with E-state index >= 15 is 0 Å². The van der Waals surface area contributed by atoms with Crippen LogP contribution in [0.1, 0.15) is 57.2 Å². The molecule has 0 heterocycles. The third-order valence-corrected chi connectivity index (χ3v) is 2.67. The lowest BCUT2D eigenvalue weighted by molar-refractivity contribution is 0.428. The number of benzene rings is 1. The molecule has 0 radical (unpaired) electrons. The Morgan fingerprint density at radius 1 is 1.18 bits per heavy atom. The van der Waals surface area contributed by atoms with Gasteiger partial charge in [-0.1, -0.05) is 58.1 Å². The molecule has 0 amide bonds. The molecule has 0 N–H and O–H groups in total. The van der Waals surface area contributed by atoms with Crippen LogP contribution in [0.4, 0.5) is 0 Å².